The van der Waals surface area contributed by atoms with Gasteiger partial charge in [0.25, 0.3) is 11.5 Å². The third-order valence-corrected chi connectivity index (χ3v) is 7.26. The molecule has 2 aromatic carbocycles. The fourth-order valence-corrected chi connectivity index (χ4v) is 5.46. The van der Waals surface area contributed by atoms with Crippen LogP contribution in [0, 0.1) is 10.1 Å². The number of nitrogens with zero attached hydrogens (tertiary/aromatic N) is 4. The number of rotatable bonds is 6. The topological polar surface area (TPSA) is 145 Å². The van der Waals surface area contributed by atoms with Gasteiger partial charge in [0, 0.05) is 30.6 Å². The first-order valence-corrected chi connectivity index (χ1v) is 12.1. The highest BCUT2D eigenvalue weighted by Gasteiger charge is 2.48. The van der Waals surface area contributed by atoms with Gasteiger partial charge in [0.05, 0.1) is 51.6 Å². The van der Waals surface area contributed by atoms with Crippen LogP contribution in [0.25, 0.3) is 16.0 Å². The van der Waals surface area contributed by atoms with Crippen LogP contribution in [0.1, 0.15) is 17.2 Å². The summed E-state index contributed by atoms with van der Waals surface area (Å²) in [5, 5.41) is 22.9. The number of ether oxygens (including phenoxy) is 2. The van der Waals surface area contributed by atoms with Gasteiger partial charge in [-0.2, -0.15) is 0 Å². The van der Waals surface area contributed by atoms with Crippen LogP contribution in [0.4, 0.5) is 10.8 Å². The van der Waals surface area contributed by atoms with Crippen molar-refractivity contribution in [1.82, 2.24) is 9.97 Å². The molecule has 1 N–H and O–H groups in total. The Morgan fingerprint density at radius 3 is 2.58 bits per heavy atom. The Kier molecular flexibility index (Phi) is 6.43. The Hall–Kier alpha value is -4.55. The number of nitro groups is 1. The van der Waals surface area contributed by atoms with E-state index in [0.29, 0.717) is 15.8 Å². The average molecular weight is 553 g/mol. The van der Waals surface area contributed by atoms with Crippen molar-refractivity contribution in [3.8, 4) is 11.5 Å². The van der Waals surface area contributed by atoms with Crippen molar-refractivity contribution in [2.75, 3.05) is 19.1 Å². The number of aliphatic hydroxyl groups is 1. The van der Waals surface area contributed by atoms with Crippen LogP contribution >= 0.6 is 22.9 Å². The third kappa shape index (κ3) is 4.09. The van der Waals surface area contributed by atoms with Crippen molar-refractivity contribution in [3.05, 3.63) is 86.7 Å². The van der Waals surface area contributed by atoms with Gasteiger partial charge in [-0.1, -0.05) is 29.0 Å². The first-order valence-electron chi connectivity index (χ1n) is 10.9. The summed E-state index contributed by atoms with van der Waals surface area (Å²) in [4.78, 5) is 47.2. The van der Waals surface area contributed by atoms with Gasteiger partial charge in [-0.25, -0.2) is 4.98 Å². The number of anilines is 1. The minimum Gasteiger partial charge on any atom is -0.507 e. The lowest BCUT2D eigenvalue weighted by Crippen LogP contribution is -2.29. The van der Waals surface area contributed by atoms with E-state index < -0.39 is 28.4 Å². The van der Waals surface area contributed by atoms with Crippen LogP contribution in [0.5, 0.6) is 11.5 Å². The van der Waals surface area contributed by atoms with Crippen LogP contribution in [-0.4, -0.2) is 45.9 Å². The molecule has 1 aliphatic rings. The standard InChI is InChI=1S/C25H17ClN4O7S/c1-36-17-10-18(37-2)15(26)9-14(17)22(31)20-21(12-4-3-7-27-11-12)29(24(33)23(20)32)25-28-16-6-5-13(30(34)35)8-19(16)38-25/h3-11,21,31H,1-2H3/b22-20+. The van der Waals surface area contributed by atoms with Crippen molar-refractivity contribution >= 4 is 61.4 Å². The average Bonchev–Trinajstić information content (AvgIpc) is 3.46. The molecule has 1 fully saturated rings. The summed E-state index contributed by atoms with van der Waals surface area (Å²) in [7, 11) is 2.79. The Balaban J connectivity index is 1.73. The molecule has 0 saturated carbocycles. The molecular formula is C25H17ClN4O7S. The molecule has 0 radical (unpaired) electrons. The van der Waals surface area contributed by atoms with E-state index in [1.165, 1.54) is 56.9 Å². The number of hydrogen-bond donors (Lipinski definition) is 1. The molecule has 0 bridgehead atoms. The zero-order valence-corrected chi connectivity index (χ0v) is 21.3. The number of non-ortho nitro benzene ring substituents is 1. The number of carbonyl (C=O) groups is 2. The summed E-state index contributed by atoms with van der Waals surface area (Å²) in [6.07, 6.45) is 2.99. The number of Topliss-reactive ketones (excluding diaryl/α,β-unsaturated/α-hetero) is 1. The van der Waals surface area contributed by atoms with Gasteiger partial charge < -0.3 is 14.6 Å². The monoisotopic (exact) mass is 552 g/mol. The van der Waals surface area contributed by atoms with E-state index in [4.69, 9.17) is 21.1 Å². The van der Waals surface area contributed by atoms with Gasteiger partial charge in [0.1, 0.15) is 17.3 Å². The molecule has 0 aliphatic carbocycles. The van der Waals surface area contributed by atoms with Crippen molar-refractivity contribution in [3.63, 3.8) is 0 Å². The van der Waals surface area contributed by atoms with E-state index in [2.05, 4.69) is 9.97 Å². The maximum absolute atomic E-state index is 13.4. The molecule has 4 aromatic rings. The maximum Gasteiger partial charge on any atom is 0.301 e. The number of hydrogen-bond acceptors (Lipinski definition) is 10. The van der Waals surface area contributed by atoms with Crippen molar-refractivity contribution in [2.45, 2.75) is 6.04 Å². The SMILES string of the molecule is COc1cc(OC)c(/C(O)=C2\C(=O)C(=O)N(c3nc4ccc([N+](=O)[O-])cc4s3)C2c2cccnc2)cc1Cl. The van der Waals surface area contributed by atoms with Crippen LogP contribution in [0.2, 0.25) is 5.02 Å². The minimum atomic E-state index is -1.11. The maximum atomic E-state index is 13.4. The predicted octanol–water partition coefficient (Wildman–Crippen LogP) is 4.90. The molecule has 13 heteroatoms. The number of aromatic nitrogens is 2. The highest BCUT2D eigenvalue weighted by molar-refractivity contribution is 7.22. The summed E-state index contributed by atoms with van der Waals surface area (Å²) in [6.45, 7) is 0. The molecule has 1 aliphatic heterocycles. The third-order valence-electron chi connectivity index (χ3n) is 5.95. The fourth-order valence-electron chi connectivity index (χ4n) is 4.19. The molecular weight excluding hydrogens is 536 g/mol. The first-order chi connectivity index (χ1) is 18.2. The van der Waals surface area contributed by atoms with Crippen LogP contribution < -0.4 is 14.4 Å². The van der Waals surface area contributed by atoms with Gasteiger partial charge >= 0.3 is 5.91 Å². The molecule has 1 unspecified atom stereocenters. The Morgan fingerprint density at radius 2 is 1.92 bits per heavy atom. The lowest BCUT2D eigenvalue weighted by Gasteiger charge is -2.22. The molecule has 0 spiro atoms. The number of thiazole rings is 1. The minimum absolute atomic E-state index is 0.0742. The second kappa shape index (κ2) is 9.72. The number of fused-ring (bicyclic) bond motifs is 1. The number of pyridine rings is 1. The number of carbonyl (C=O) groups excluding carboxylic acids is 2. The highest BCUT2D eigenvalue weighted by atomic mass is 35.5. The Labute approximate surface area is 223 Å². The summed E-state index contributed by atoms with van der Waals surface area (Å²) in [6, 6.07) is 9.11. The second-order valence-electron chi connectivity index (χ2n) is 8.05. The number of nitro benzene ring substituents is 1. The molecule has 1 amide bonds. The molecule has 1 saturated heterocycles. The smallest absolute Gasteiger partial charge is 0.301 e. The largest absolute Gasteiger partial charge is 0.507 e. The summed E-state index contributed by atoms with van der Waals surface area (Å²) in [5.74, 6) is -1.97. The zero-order chi connectivity index (χ0) is 27.1. The first kappa shape index (κ1) is 25.1. The lowest BCUT2D eigenvalue weighted by molar-refractivity contribution is -0.384. The van der Waals surface area contributed by atoms with Crippen molar-refractivity contribution < 1.29 is 29.1 Å². The predicted molar refractivity (Wildman–Crippen MR) is 140 cm³/mol. The summed E-state index contributed by atoms with van der Waals surface area (Å²) in [5.41, 5.74) is 0.544. The molecule has 11 nitrogen and oxygen atoms in total. The zero-order valence-electron chi connectivity index (χ0n) is 19.7. The number of benzene rings is 2. The molecule has 38 heavy (non-hydrogen) atoms. The van der Waals surface area contributed by atoms with Crippen LogP contribution in [-0.2, 0) is 9.59 Å². The Bertz CT molecular complexity index is 1650. The number of methoxy groups -OCH3 is 2. The molecule has 5 rings (SSSR count). The quantitative estimate of drug-likeness (QED) is 0.116. The van der Waals surface area contributed by atoms with Gasteiger partial charge in [0.2, 0.25) is 0 Å². The fraction of sp³-hybridized carbons (Fsp3) is 0.120. The van der Waals surface area contributed by atoms with E-state index >= 15 is 0 Å². The van der Waals surface area contributed by atoms with Gasteiger partial charge in [0.15, 0.2) is 5.13 Å². The normalized spacial score (nSPS) is 16.7. The van der Waals surface area contributed by atoms with E-state index in [9.17, 15) is 24.8 Å². The van der Waals surface area contributed by atoms with Crippen molar-refractivity contribution in [1.29, 1.82) is 0 Å². The molecule has 2 aromatic heterocycles. The van der Waals surface area contributed by atoms with Crippen LogP contribution in [0.3, 0.4) is 0 Å². The van der Waals surface area contributed by atoms with Gasteiger partial charge in [-0.3, -0.25) is 29.6 Å². The number of amides is 1. The van der Waals surface area contributed by atoms with E-state index in [-0.39, 0.29) is 38.5 Å². The van der Waals surface area contributed by atoms with E-state index in [0.717, 1.165) is 16.2 Å². The van der Waals surface area contributed by atoms with Gasteiger partial charge in [-0.05, 0) is 23.8 Å². The number of halogens is 1. The highest BCUT2D eigenvalue weighted by Crippen LogP contribution is 2.46. The molecule has 3 heterocycles. The van der Waals surface area contributed by atoms with E-state index in [1.807, 2.05) is 0 Å². The number of aliphatic hydroxyl groups excluding tert-OH is 1. The summed E-state index contributed by atoms with van der Waals surface area (Å²) < 4.78 is 11.0. The summed E-state index contributed by atoms with van der Waals surface area (Å²) >= 11 is 7.29. The molecule has 192 valence electrons. The lowest BCUT2D eigenvalue weighted by atomic mass is 9.96. The molecule has 1 atom stereocenters. The van der Waals surface area contributed by atoms with E-state index in [1.54, 1.807) is 12.1 Å². The Morgan fingerprint density at radius 1 is 1.16 bits per heavy atom. The second-order valence-corrected chi connectivity index (χ2v) is 9.46. The van der Waals surface area contributed by atoms with Crippen LogP contribution in [0.15, 0.2) is 60.4 Å². The number of ketones is 1. The van der Waals surface area contributed by atoms with Gasteiger partial charge in [-0.15, -0.1) is 0 Å². The van der Waals surface area contributed by atoms with Crippen molar-refractivity contribution in [2.24, 2.45) is 0 Å².